The highest BCUT2D eigenvalue weighted by atomic mass is 31.2. The van der Waals surface area contributed by atoms with Gasteiger partial charge in [-0.05, 0) is 25.9 Å². The van der Waals surface area contributed by atoms with E-state index in [2.05, 4.69) is 33.0 Å². The van der Waals surface area contributed by atoms with Gasteiger partial charge in [0, 0.05) is 0 Å². The van der Waals surface area contributed by atoms with Crippen LogP contribution in [0.1, 0.15) is 130 Å². The third-order valence-electron chi connectivity index (χ3n) is 5.00. The normalized spacial score (nSPS) is 11.4. The second kappa shape index (κ2) is 27.1. The maximum absolute atomic E-state index is 11.7. The number of hydrogen-bond acceptors (Lipinski definition) is 4. The lowest BCUT2D eigenvalue weighted by Gasteiger charge is -2.12. The number of rotatable bonds is 22. The Balaban J connectivity index is 0. The molecular weight excluding hydrogens is 397 g/mol. The molecule has 30 heavy (non-hydrogen) atoms. The third-order valence-corrected chi connectivity index (χ3v) is 6.02. The lowest BCUT2D eigenvalue weighted by Crippen LogP contribution is -2.09. The van der Waals surface area contributed by atoms with E-state index in [-0.39, 0.29) is 0 Å². The van der Waals surface area contributed by atoms with E-state index in [1.807, 2.05) is 0 Å². The molecule has 0 saturated carbocycles. The summed E-state index contributed by atoms with van der Waals surface area (Å²) >= 11 is 0. The predicted molar refractivity (Wildman–Crippen MR) is 131 cm³/mol. The van der Waals surface area contributed by atoms with Gasteiger partial charge in [0.2, 0.25) is 0 Å². The topological polar surface area (TPSA) is 67.8 Å². The molecule has 0 aromatic heterocycles. The number of phosphoric ester groups is 1. The van der Waals surface area contributed by atoms with Gasteiger partial charge in [-0.3, -0.25) is 9.05 Å². The minimum absolute atomic E-state index is 0.320. The van der Waals surface area contributed by atoms with Crippen LogP contribution < -0.4 is 5.32 Å². The van der Waals surface area contributed by atoms with Crippen molar-refractivity contribution in [2.75, 3.05) is 26.3 Å². The summed E-state index contributed by atoms with van der Waals surface area (Å²) in [6.07, 6.45) is 19.1. The SMILES string of the molecule is CCCCCCCCCCOP(=O)(O)OCCCCCCCCCC.CCNCC. The van der Waals surface area contributed by atoms with Crippen molar-refractivity contribution in [1.29, 1.82) is 0 Å². The second-order valence-electron chi connectivity index (χ2n) is 8.04. The molecule has 2 N–H and O–H groups in total. The Labute approximate surface area is 188 Å². The Morgan fingerprint density at radius 1 is 0.567 bits per heavy atom. The molecule has 0 aromatic rings. The summed E-state index contributed by atoms with van der Waals surface area (Å²) in [5.41, 5.74) is 0. The monoisotopic (exact) mass is 451 g/mol. The number of unbranched alkanes of at least 4 members (excludes halogenated alkanes) is 14. The van der Waals surface area contributed by atoms with Gasteiger partial charge in [0.15, 0.2) is 0 Å². The maximum atomic E-state index is 11.7. The highest BCUT2D eigenvalue weighted by molar-refractivity contribution is 7.47. The molecule has 0 aliphatic heterocycles. The van der Waals surface area contributed by atoms with Gasteiger partial charge in [0.05, 0.1) is 13.2 Å². The zero-order chi connectivity index (χ0) is 22.8. The van der Waals surface area contributed by atoms with Gasteiger partial charge in [-0.1, -0.05) is 118 Å². The smallest absolute Gasteiger partial charge is 0.317 e. The van der Waals surface area contributed by atoms with Crippen molar-refractivity contribution in [3.8, 4) is 0 Å². The molecule has 0 saturated heterocycles. The molecule has 0 heterocycles. The molecular formula is C24H54NO4P. The van der Waals surface area contributed by atoms with E-state index in [1.165, 1.54) is 77.0 Å². The first-order valence-corrected chi connectivity index (χ1v) is 14.4. The lowest BCUT2D eigenvalue weighted by atomic mass is 10.1. The molecule has 0 radical (unpaired) electrons. The van der Waals surface area contributed by atoms with Crippen LogP contribution in [0.4, 0.5) is 0 Å². The van der Waals surface area contributed by atoms with Crippen LogP contribution in [0.3, 0.4) is 0 Å². The zero-order valence-electron chi connectivity index (χ0n) is 20.8. The molecule has 0 spiro atoms. The molecule has 0 fully saturated rings. The van der Waals surface area contributed by atoms with Crippen molar-refractivity contribution in [3.63, 3.8) is 0 Å². The van der Waals surface area contributed by atoms with Crippen LogP contribution in [0.25, 0.3) is 0 Å². The Bertz CT molecular complexity index is 328. The van der Waals surface area contributed by atoms with Crippen LogP contribution in [0.15, 0.2) is 0 Å². The summed E-state index contributed by atoms with van der Waals surface area (Å²) in [6.45, 7) is 11.5. The van der Waals surface area contributed by atoms with Crippen molar-refractivity contribution in [3.05, 3.63) is 0 Å². The van der Waals surface area contributed by atoms with E-state index in [4.69, 9.17) is 9.05 Å². The summed E-state index contributed by atoms with van der Waals surface area (Å²) in [6, 6.07) is 0. The van der Waals surface area contributed by atoms with Crippen LogP contribution in [0.5, 0.6) is 0 Å². The van der Waals surface area contributed by atoms with Gasteiger partial charge < -0.3 is 10.2 Å². The number of hydrogen-bond donors (Lipinski definition) is 2. The average molecular weight is 452 g/mol. The molecule has 0 atom stereocenters. The fourth-order valence-electron chi connectivity index (χ4n) is 3.12. The largest absolute Gasteiger partial charge is 0.472 e. The molecule has 0 rings (SSSR count). The molecule has 0 aliphatic rings. The van der Waals surface area contributed by atoms with Crippen LogP contribution >= 0.6 is 7.82 Å². The summed E-state index contributed by atoms with van der Waals surface area (Å²) < 4.78 is 21.8. The van der Waals surface area contributed by atoms with E-state index >= 15 is 0 Å². The summed E-state index contributed by atoms with van der Waals surface area (Å²) in [7, 11) is -3.83. The van der Waals surface area contributed by atoms with Gasteiger partial charge in [0.25, 0.3) is 0 Å². The van der Waals surface area contributed by atoms with Crippen molar-refractivity contribution < 1.29 is 18.5 Å². The van der Waals surface area contributed by atoms with Crippen LogP contribution in [0, 0.1) is 0 Å². The van der Waals surface area contributed by atoms with E-state index in [0.29, 0.717) is 13.2 Å². The first-order chi connectivity index (χ1) is 14.5. The van der Waals surface area contributed by atoms with Crippen LogP contribution in [-0.4, -0.2) is 31.2 Å². The molecule has 184 valence electrons. The molecule has 5 nitrogen and oxygen atoms in total. The average Bonchev–Trinajstić information content (AvgIpc) is 2.72. The summed E-state index contributed by atoms with van der Waals surface area (Å²) in [5, 5.41) is 3.11. The molecule has 0 aliphatic carbocycles. The van der Waals surface area contributed by atoms with Crippen LogP contribution in [-0.2, 0) is 13.6 Å². The second-order valence-corrected chi connectivity index (χ2v) is 9.50. The summed E-state index contributed by atoms with van der Waals surface area (Å²) in [5.74, 6) is 0. The predicted octanol–water partition coefficient (Wildman–Crippen LogP) is 8.02. The van der Waals surface area contributed by atoms with E-state index in [1.54, 1.807) is 0 Å². The van der Waals surface area contributed by atoms with Crippen molar-refractivity contribution in [2.24, 2.45) is 0 Å². The molecule has 0 bridgehead atoms. The van der Waals surface area contributed by atoms with E-state index < -0.39 is 7.82 Å². The fourth-order valence-corrected chi connectivity index (χ4v) is 3.91. The van der Waals surface area contributed by atoms with Gasteiger partial charge in [-0.2, -0.15) is 0 Å². The maximum Gasteiger partial charge on any atom is 0.472 e. The van der Waals surface area contributed by atoms with Gasteiger partial charge in [0.1, 0.15) is 0 Å². The van der Waals surface area contributed by atoms with Crippen molar-refractivity contribution in [1.82, 2.24) is 5.32 Å². The lowest BCUT2D eigenvalue weighted by molar-refractivity contribution is 0.145. The first kappa shape index (κ1) is 32.3. The summed E-state index contributed by atoms with van der Waals surface area (Å²) in [4.78, 5) is 9.63. The van der Waals surface area contributed by atoms with Crippen molar-refractivity contribution in [2.45, 2.75) is 130 Å². The molecule has 0 amide bonds. The standard InChI is InChI=1S/C20H43O4P.C4H11N/c1-3-5-7-9-11-13-15-17-19-23-25(21,22)24-20-18-16-14-12-10-8-6-4-2;1-3-5-4-2/h3-20H2,1-2H3,(H,21,22);5H,3-4H2,1-2H3. The molecule has 6 heteroatoms. The number of nitrogens with one attached hydrogen (secondary N) is 1. The van der Waals surface area contributed by atoms with E-state index in [0.717, 1.165) is 38.8 Å². The highest BCUT2D eigenvalue weighted by Gasteiger charge is 2.19. The fraction of sp³-hybridized carbons (Fsp3) is 1.00. The van der Waals surface area contributed by atoms with Gasteiger partial charge >= 0.3 is 7.82 Å². The minimum Gasteiger partial charge on any atom is -0.317 e. The van der Waals surface area contributed by atoms with Crippen LogP contribution in [0.2, 0.25) is 0 Å². The Kier molecular flexibility index (Phi) is 29.1. The zero-order valence-corrected chi connectivity index (χ0v) is 21.7. The molecule has 0 aromatic carbocycles. The minimum atomic E-state index is -3.83. The Hall–Kier alpha value is 0.0700. The van der Waals surface area contributed by atoms with Gasteiger partial charge in [-0.25, -0.2) is 4.57 Å². The third kappa shape index (κ3) is 30.3. The Morgan fingerprint density at radius 3 is 1.13 bits per heavy atom. The van der Waals surface area contributed by atoms with E-state index in [9.17, 15) is 9.46 Å². The number of phosphoric acid groups is 1. The molecule has 0 unspecified atom stereocenters. The van der Waals surface area contributed by atoms with Crippen molar-refractivity contribution >= 4 is 7.82 Å². The van der Waals surface area contributed by atoms with Gasteiger partial charge in [-0.15, -0.1) is 0 Å². The highest BCUT2D eigenvalue weighted by Crippen LogP contribution is 2.43. The first-order valence-electron chi connectivity index (χ1n) is 12.9. The quantitative estimate of drug-likeness (QED) is 0.129. The Morgan fingerprint density at radius 2 is 0.867 bits per heavy atom.